The fourth-order valence-electron chi connectivity index (χ4n) is 2.63. The molecule has 0 amide bonds. The lowest BCUT2D eigenvalue weighted by atomic mass is 10.1. The Kier molecular flexibility index (Phi) is 3.01. The molecule has 3 rings (SSSR count). The van der Waals surface area contributed by atoms with E-state index in [0.29, 0.717) is 4.77 Å². The highest BCUT2D eigenvalue weighted by Gasteiger charge is 2.31. The fraction of sp³-hybridized carbons (Fsp3) is 0.385. The number of aromatic amines is 1. The Labute approximate surface area is 110 Å². The predicted molar refractivity (Wildman–Crippen MR) is 71.3 cm³/mol. The van der Waals surface area contributed by atoms with E-state index in [1.54, 1.807) is 0 Å². The lowest BCUT2D eigenvalue weighted by Gasteiger charge is -2.15. The number of nitrogens with one attached hydrogen (secondary N) is 1. The molecule has 4 nitrogen and oxygen atoms in total. The van der Waals surface area contributed by atoms with Gasteiger partial charge in [-0.25, -0.2) is 0 Å². The molecular formula is C13H15N3OS. The van der Waals surface area contributed by atoms with Gasteiger partial charge < -0.3 is 5.11 Å². The summed E-state index contributed by atoms with van der Waals surface area (Å²) < 4.78 is 2.50. The van der Waals surface area contributed by atoms with E-state index < -0.39 is 0 Å². The molecule has 2 atom stereocenters. The number of benzene rings is 1. The Balaban J connectivity index is 2.10. The average Bonchev–Trinajstić information content (AvgIpc) is 2.96. The third-order valence-electron chi connectivity index (χ3n) is 3.52. The summed E-state index contributed by atoms with van der Waals surface area (Å²) in [5, 5.41) is 17.2. The van der Waals surface area contributed by atoms with Crippen LogP contribution in [0.3, 0.4) is 0 Å². The van der Waals surface area contributed by atoms with E-state index in [1.807, 2.05) is 34.9 Å². The minimum Gasteiger partial charge on any atom is -0.392 e. The Morgan fingerprint density at radius 1 is 1.28 bits per heavy atom. The van der Waals surface area contributed by atoms with E-state index in [2.05, 4.69) is 10.2 Å². The van der Waals surface area contributed by atoms with E-state index in [1.165, 1.54) is 0 Å². The van der Waals surface area contributed by atoms with Crippen LogP contribution in [-0.2, 0) is 0 Å². The zero-order valence-corrected chi connectivity index (χ0v) is 10.7. The number of para-hydroxylation sites is 1. The highest BCUT2D eigenvalue weighted by atomic mass is 32.1. The summed E-state index contributed by atoms with van der Waals surface area (Å²) >= 11 is 5.29. The topological polar surface area (TPSA) is 53.8 Å². The van der Waals surface area contributed by atoms with Gasteiger partial charge >= 0.3 is 0 Å². The van der Waals surface area contributed by atoms with Crippen molar-refractivity contribution in [1.82, 2.24) is 14.8 Å². The van der Waals surface area contributed by atoms with E-state index in [4.69, 9.17) is 12.2 Å². The van der Waals surface area contributed by atoms with Crippen LogP contribution in [0, 0.1) is 4.77 Å². The maximum absolute atomic E-state index is 10.0. The standard InChI is InChI=1S/C13H15N3OS/c17-11-8-4-7-10(11)12-14-15-13(18)16(12)9-5-2-1-3-6-9/h1-3,5-6,10-11,17H,4,7-8H2,(H,15,18)/t10-,11-/m1/s1. The van der Waals surface area contributed by atoms with Gasteiger partial charge in [-0.3, -0.25) is 9.67 Å². The second-order valence-electron chi connectivity index (χ2n) is 4.66. The summed E-state index contributed by atoms with van der Waals surface area (Å²) in [6.07, 6.45) is 2.55. The zero-order chi connectivity index (χ0) is 12.5. The first-order valence-electron chi connectivity index (χ1n) is 6.18. The molecule has 18 heavy (non-hydrogen) atoms. The van der Waals surface area contributed by atoms with Crippen molar-refractivity contribution in [2.75, 3.05) is 0 Å². The van der Waals surface area contributed by atoms with Crippen LogP contribution in [0.5, 0.6) is 0 Å². The summed E-state index contributed by atoms with van der Waals surface area (Å²) in [6.45, 7) is 0. The molecule has 2 N–H and O–H groups in total. The molecule has 94 valence electrons. The number of hydrogen-bond donors (Lipinski definition) is 2. The molecule has 0 aliphatic heterocycles. The molecule has 1 heterocycles. The molecule has 1 aliphatic rings. The maximum Gasteiger partial charge on any atom is 0.199 e. The average molecular weight is 261 g/mol. The molecule has 1 aliphatic carbocycles. The molecule has 0 saturated heterocycles. The van der Waals surface area contributed by atoms with Crippen molar-refractivity contribution in [3.8, 4) is 5.69 Å². The summed E-state index contributed by atoms with van der Waals surface area (Å²) in [5.74, 6) is 0.925. The minimum atomic E-state index is -0.308. The van der Waals surface area contributed by atoms with Crippen LogP contribution in [0.4, 0.5) is 0 Å². The van der Waals surface area contributed by atoms with Gasteiger partial charge in [-0.1, -0.05) is 24.6 Å². The zero-order valence-electron chi connectivity index (χ0n) is 9.91. The van der Waals surface area contributed by atoms with E-state index >= 15 is 0 Å². The highest BCUT2D eigenvalue weighted by molar-refractivity contribution is 7.71. The molecule has 2 aromatic rings. The van der Waals surface area contributed by atoms with Crippen molar-refractivity contribution in [1.29, 1.82) is 0 Å². The van der Waals surface area contributed by atoms with Crippen molar-refractivity contribution in [2.45, 2.75) is 31.3 Å². The summed E-state index contributed by atoms with van der Waals surface area (Å²) in [7, 11) is 0. The van der Waals surface area contributed by atoms with E-state index in [9.17, 15) is 5.11 Å². The number of H-pyrrole nitrogens is 1. The van der Waals surface area contributed by atoms with Crippen LogP contribution in [0.25, 0.3) is 5.69 Å². The first-order chi connectivity index (χ1) is 8.77. The van der Waals surface area contributed by atoms with Crippen LogP contribution in [0.1, 0.15) is 31.0 Å². The summed E-state index contributed by atoms with van der Waals surface area (Å²) in [6, 6.07) is 9.90. The van der Waals surface area contributed by atoms with Gasteiger partial charge in [0.1, 0.15) is 5.82 Å². The lowest BCUT2D eigenvalue weighted by Crippen LogP contribution is -2.16. The van der Waals surface area contributed by atoms with E-state index in [-0.39, 0.29) is 12.0 Å². The number of aliphatic hydroxyl groups is 1. The Hall–Kier alpha value is -1.46. The number of nitrogens with zero attached hydrogens (tertiary/aromatic N) is 2. The first-order valence-corrected chi connectivity index (χ1v) is 6.59. The largest absolute Gasteiger partial charge is 0.392 e. The Bertz CT molecular complexity index is 590. The van der Waals surface area contributed by atoms with Gasteiger partial charge in [0.2, 0.25) is 0 Å². The van der Waals surface area contributed by atoms with Crippen molar-refractivity contribution < 1.29 is 5.11 Å². The van der Waals surface area contributed by atoms with Gasteiger partial charge in [0.25, 0.3) is 0 Å². The van der Waals surface area contributed by atoms with Crippen LogP contribution >= 0.6 is 12.2 Å². The predicted octanol–water partition coefficient (Wildman–Crippen LogP) is 2.56. The smallest absolute Gasteiger partial charge is 0.199 e. The monoisotopic (exact) mass is 261 g/mol. The van der Waals surface area contributed by atoms with Crippen LogP contribution in [-0.4, -0.2) is 26.0 Å². The fourth-order valence-corrected chi connectivity index (χ4v) is 2.87. The first kappa shape index (κ1) is 11.6. The number of aromatic nitrogens is 3. The summed E-state index contributed by atoms with van der Waals surface area (Å²) in [4.78, 5) is 0. The van der Waals surface area contributed by atoms with Crippen LogP contribution in [0.2, 0.25) is 0 Å². The molecule has 1 aromatic carbocycles. The number of hydrogen-bond acceptors (Lipinski definition) is 3. The highest BCUT2D eigenvalue weighted by Crippen LogP contribution is 2.34. The van der Waals surface area contributed by atoms with Gasteiger partial charge in [0, 0.05) is 11.6 Å². The van der Waals surface area contributed by atoms with Crippen molar-refractivity contribution in [3.63, 3.8) is 0 Å². The molecule has 0 radical (unpaired) electrons. The van der Waals surface area contributed by atoms with E-state index in [0.717, 1.165) is 30.8 Å². The Morgan fingerprint density at radius 2 is 2.06 bits per heavy atom. The maximum atomic E-state index is 10.0. The minimum absolute atomic E-state index is 0.0816. The second-order valence-corrected chi connectivity index (χ2v) is 5.05. The van der Waals surface area contributed by atoms with Crippen molar-refractivity contribution in [3.05, 3.63) is 40.9 Å². The third-order valence-corrected chi connectivity index (χ3v) is 3.80. The van der Waals surface area contributed by atoms with Crippen LogP contribution < -0.4 is 0 Å². The van der Waals surface area contributed by atoms with Crippen molar-refractivity contribution >= 4 is 12.2 Å². The molecule has 1 fully saturated rings. The van der Waals surface area contributed by atoms with Gasteiger partial charge in [-0.15, -0.1) is 0 Å². The summed E-state index contributed by atoms with van der Waals surface area (Å²) in [5.41, 5.74) is 0.991. The molecule has 1 saturated carbocycles. The molecule has 0 spiro atoms. The molecule has 0 unspecified atom stereocenters. The normalized spacial score (nSPS) is 23.4. The third kappa shape index (κ3) is 1.89. The van der Waals surface area contributed by atoms with Gasteiger partial charge in [0.05, 0.1) is 6.10 Å². The number of rotatable bonds is 2. The van der Waals surface area contributed by atoms with Crippen molar-refractivity contribution in [2.24, 2.45) is 0 Å². The van der Waals surface area contributed by atoms with Gasteiger partial charge in [-0.2, -0.15) is 5.10 Å². The molecular weight excluding hydrogens is 246 g/mol. The lowest BCUT2D eigenvalue weighted by molar-refractivity contribution is 0.160. The Morgan fingerprint density at radius 3 is 2.72 bits per heavy atom. The van der Waals surface area contributed by atoms with Crippen LogP contribution in [0.15, 0.2) is 30.3 Å². The molecule has 0 bridgehead atoms. The second kappa shape index (κ2) is 4.66. The SMILES string of the molecule is O[C@@H]1CCC[C@H]1c1n[nH]c(=S)n1-c1ccccc1. The quantitative estimate of drug-likeness (QED) is 0.817. The van der Waals surface area contributed by atoms with Gasteiger partial charge in [-0.05, 0) is 37.2 Å². The molecule has 1 aromatic heterocycles. The molecule has 5 heteroatoms. The number of aliphatic hydroxyl groups excluding tert-OH is 1. The van der Waals surface area contributed by atoms with Gasteiger partial charge in [0.15, 0.2) is 4.77 Å².